The topological polar surface area (TPSA) is 117 Å². The number of esters is 1. The zero-order valence-corrected chi connectivity index (χ0v) is 20.0. The van der Waals surface area contributed by atoms with Crippen LogP contribution in [0.1, 0.15) is 71.3 Å². The van der Waals surface area contributed by atoms with E-state index in [-0.39, 0.29) is 53.6 Å². The first-order valence-corrected chi connectivity index (χ1v) is 11.6. The Kier molecular flexibility index (Phi) is 6.38. The standard InChI is InChI=1S/C25H30N2O7/c1-5-6-7-8-32-24(29)21-14(2)26-16-11-25(3,4)12-18(28)23(16)22(21)15-9-19-20(34-13-33-19)10-17(15)27(30)31/h9-10,22,26H,5-8,11-13H2,1-4H3/t22-/m1/s1. The molecule has 0 unspecified atom stereocenters. The Morgan fingerprint density at radius 2 is 1.94 bits per heavy atom. The minimum Gasteiger partial charge on any atom is -0.462 e. The zero-order chi connectivity index (χ0) is 24.6. The number of Topliss-reactive ketones (excluding diaryl/α,β-unsaturated/α-hetero) is 1. The van der Waals surface area contributed by atoms with E-state index in [9.17, 15) is 19.7 Å². The van der Waals surface area contributed by atoms with Crippen LogP contribution in [0, 0.1) is 15.5 Å². The lowest BCUT2D eigenvalue weighted by atomic mass is 9.68. The van der Waals surface area contributed by atoms with Gasteiger partial charge in [0.25, 0.3) is 5.69 Å². The van der Waals surface area contributed by atoms with Crippen LogP contribution in [0.25, 0.3) is 0 Å². The smallest absolute Gasteiger partial charge is 0.336 e. The number of dihydropyridines is 1. The second-order valence-electron chi connectivity index (χ2n) is 9.79. The van der Waals surface area contributed by atoms with Crippen LogP contribution in [0.3, 0.4) is 0 Å². The predicted molar refractivity (Wildman–Crippen MR) is 123 cm³/mol. The number of nitrogens with one attached hydrogen (secondary N) is 1. The van der Waals surface area contributed by atoms with Crippen LogP contribution in [0.15, 0.2) is 34.7 Å². The lowest BCUT2D eigenvalue weighted by Crippen LogP contribution is -2.38. The maximum atomic E-state index is 13.4. The van der Waals surface area contributed by atoms with Crippen molar-refractivity contribution in [1.82, 2.24) is 5.32 Å². The molecular formula is C25H30N2O7. The van der Waals surface area contributed by atoms with Gasteiger partial charge in [-0.05, 0) is 31.2 Å². The summed E-state index contributed by atoms with van der Waals surface area (Å²) in [6, 6.07) is 2.82. The summed E-state index contributed by atoms with van der Waals surface area (Å²) in [6.07, 6.45) is 3.48. The van der Waals surface area contributed by atoms with Gasteiger partial charge in [0.15, 0.2) is 17.3 Å². The molecule has 0 saturated carbocycles. The molecule has 1 N–H and O–H groups in total. The molecule has 0 spiro atoms. The molecule has 0 bridgehead atoms. The van der Waals surface area contributed by atoms with E-state index in [2.05, 4.69) is 12.2 Å². The largest absolute Gasteiger partial charge is 0.462 e. The van der Waals surface area contributed by atoms with E-state index >= 15 is 0 Å². The van der Waals surface area contributed by atoms with Crippen molar-refractivity contribution in [2.45, 2.75) is 65.7 Å². The molecule has 2 heterocycles. The van der Waals surface area contributed by atoms with Crippen molar-refractivity contribution in [3.8, 4) is 11.5 Å². The normalized spacial score (nSPS) is 20.7. The SMILES string of the molecule is CCCCCOC(=O)C1=C(C)NC2=C(C(=O)CC(C)(C)C2)[C@@H]1c1cc2c(cc1[N+](=O)[O-])OCO2. The number of benzene rings is 1. The van der Waals surface area contributed by atoms with E-state index in [4.69, 9.17) is 14.2 Å². The van der Waals surface area contributed by atoms with E-state index < -0.39 is 16.8 Å². The van der Waals surface area contributed by atoms with E-state index in [1.54, 1.807) is 6.92 Å². The monoisotopic (exact) mass is 470 g/mol. The summed E-state index contributed by atoms with van der Waals surface area (Å²) in [5, 5.41) is 15.3. The number of nitro groups is 1. The number of hydrogen-bond donors (Lipinski definition) is 1. The van der Waals surface area contributed by atoms with Crippen LogP contribution < -0.4 is 14.8 Å². The van der Waals surface area contributed by atoms with Crippen molar-refractivity contribution in [3.63, 3.8) is 0 Å². The summed E-state index contributed by atoms with van der Waals surface area (Å²) >= 11 is 0. The number of allylic oxidation sites excluding steroid dienone is 3. The summed E-state index contributed by atoms with van der Waals surface area (Å²) in [4.78, 5) is 38.3. The second kappa shape index (κ2) is 9.12. The number of ether oxygens (including phenoxy) is 3. The molecule has 1 aliphatic carbocycles. The summed E-state index contributed by atoms with van der Waals surface area (Å²) in [7, 11) is 0. The first-order chi connectivity index (χ1) is 16.1. The highest BCUT2D eigenvalue weighted by molar-refractivity contribution is 6.04. The molecule has 0 amide bonds. The lowest BCUT2D eigenvalue weighted by molar-refractivity contribution is -0.385. The van der Waals surface area contributed by atoms with Gasteiger partial charge < -0.3 is 19.5 Å². The van der Waals surface area contributed by atoms with Gasteiger partial charge in [-0.3, -0.25) is 14.9 Å². The quantitative estimate of drug-likeness (QED) is 0.265. The molecule has 34 heavy (non-hydrogen) atoms. The van der Waals surface area contributed by atoms with Crippen LogP contribution in [0.4, 0.5) is 5.69 Å². The first-order valence-electron chi connectivity index (χ1n) is 11.6. The fourth-order valence-electron chi connectivity index (χ4n) is 4.95. The Labute approximate surface area is 198 Å². The second-order valence-corrected chi connectivity index (χ2v) is 9.79. The number of hydrogen-bond acceptors (Lipinski definition) is 8. The number of rotatable bonds is 7. The molecule has 9 nitrogen and oxygen atoms in total. The van der Waals surface area contributed by atoms with Crippen molar-refractivity contribution >= 4 is 17.4 Å². The summed E-state index contributed by atoms with van der Waals surface area (Å²) < 4.78 is 16.4. The number of ketones is 1. The van der Waals surface area contributed by atoms with Gasteiger partial charge in [0.2, 0.25) is 6.79 Å². The Morgan fingerprint density at radius 1 is 1.24 bits per heavy atom. The third-order valence-corrected chi connectivity index (χ3v) is 6.47. The highest BCUT2D eigenvalue weighted by Gasteiger charge is 2.45. The molecule has 1 atom stereocenters. The van der Waals surface area contributed by atoms with E-state index in [0.29, 0.717) is 29.1 Å². The molecule has 1 aromatic rings. The van der Waals surface area contributed by atoms with Gasteiger partial charge in [-0.2, -0.15) is 0 Å². The molecule has 4 rings (SSSR count). The Hall–Kier alpha value is -3.36. The average Bonchev–Trinajstić information content (AvgIpc) is 3.21. The minimum atomic E-state index is -0.937. The molecule has 3 aliphatic rings. The third-order valence-electron chi connectivity index (χ3n) is 6.47. The van der Waals surface area contributed by atoms with Crippen LogP contribution in [0.5, 0.6) is 11.5 Å². The Morgan fingerprint density at radius 3 is 2.62 bits per heavy atom. The predicted octanol–water partition coefficient (Wildman–Crippen LogP) is 4.66. The number of fused-ring (bicyclic) bond motifs is 1. The van der Waals surface area contributed by atoms with Gasteiger partial charge >= 0.3 is 5.97 Å². The van der Waals surface area contributed by atoms with Gasteiger partial charge in [0.05, 0.1) is 29.1 Å². The fraction of sp³-hybridized carbons (Fsp3) is 0.520. The lowest BCUT2D eigenvalue weighted by Gasteiger charge is -2.39. The molecule has 0 saturated heterocycles. The first kappa shape index (κ1) is 23.8. The molecule has 1 aromatic carbocycles. The van der Waals surface area contributed by atoms with Crippen molar-refractivity contribution in [1.29, 1.82) is 0 Å². The molecule has 182 valence electrons. The summed E-state index contributed by atoms with van der Waals surface area (Å²) in [6.45, 7) is 8.00. The van der Waals surface area contributed by atoms with Crippen molar-refractivity contribution in [2.24, 2.45) is 5.41 Å². The van der Waals surface area contributed by atoms with Crippen molar-refractivity contribution in [2.75, 3.05) is 13.4 Å². The molecular weight excluding hydrogens is 440 g/mol. The molecule has 0 fully saturated rings. The van der Waals surface area contributed by atoms with Gasteiger partial charge in [-0.15, -0.1) is 0 Å². The third kappa shape index (κ3) is 4.38. The number of nitrogens with zero attached hydrogens (tertiary/aromatic N) is 1. The summed E-state index contributed by atoms with van der Waals surface area (Å²) in [5.41, 5.74) is 1.53. The van der Waals surface area contributed by atoms with E-state index in [0.717, 1.165) is 19.3 Å². The average molecular weight is 471 g/mol. The van der Waals surface area contributed by atoms with Crippen LogP contribution in [0.2, 0.25) is 0 Å². The maximum absolute atomic E-state index is 13.4. The van der Waals surface area contributed by atoms with Gasteiger partial charge in [-0.25, -0.2) is 4.79 Å². The highest BCUT2D eigenvalue weighted by atomic mass is 16.7. The van der Waals surface area contributed by atoms with E-state index in [1.165, 1.54) is 12.1 Å². The van der Waals surface area contributed by atoms with Crippen LogP contribution in [-0.2, 0) is 14.3 Å². The van der Waals surface area contributed by atoms with Crippen LogP contribution >= 0.6 is 0 Å². The van der Waals surface area contributed by atoms with Gasteiger partial charge in [0.1, 0.15) is 0 Å². The van der Waals surface area contributed by atoms with Crippen LogP contribution in [-0.4, -0.2) is 30.1 Å². The minimum absolute atomic E-state index is 0.0512. The van der Waals surface area contributed by atoms with Gasteiger partial charge in [-0.1, -0.05) is 33.6 Å². The van der Waals surface area contributed by atoms with Crippen molar-refractivity contribution in [3.05, 3.63) is 50.4 Å². The Balaban J connectivity index is 1.86. The molecule has 0 aromatic heterocycles. The number of carbonyl (C=O) groups excluding carboxylic acids is 2. The zero-order valence-electron chi connectivity index (χ0n) is 20.0. The number of carbonyl (C=O) groups is 2. The fourth-order valence-corrected chi connectivity index (χ4v) is 4.95. The molecule has 0 radical (unpaired) electrons. The Bertz CT molecular complexity index is 1120. The van der Waals surface area contributed by atoms with E-state index in [1.807, 2.05) is 13.8 Å². The number of nitro benzene ring substituents is 1. The van der Waals surface area contributed by atoms with Crippen molar-refractivity contribution < 1.29 is 28.7 Å². The number of unbranched alkanes of at least 4 members (excludes halogenated alkanes) is 2. The highest BCUT2D eigenvalue weighted by Crippen LogP contribution is 2.50. The molecule has 9 heteroatoms. The molecule has 2 aliphatic heterocycles. The maximum Gasteiger partial charge on any atom is 0.336 e. The summed E-state index contributed by atoms with van der Waals surface area (Å²) in [5.74, 6) is -1.05. The van der Waals surface area contributed by atoms with Gasteiger partial charge in [0, 0.05) is 29.0 Å².